The summed E-state index contributed by atoms with van der Waals surface area (Å²) in [6.07, 6.45) is 13.5. The van der Waals surface area contributed by atoms with Gasteiger partial charge in [0.25, 0.3) is 5.91 Å². The second-order valence-electron chi connectivity index (χ2n) is 6.18. The van der Waals surface area contributed by atoms with Crippen LogP contribution < -0.4 is 10.6 Å². The normalized spacial score (nSPS) is 14.2. The predicted octanol–water partition coefficient (Wildman–Crippen LogP) is 4.30. The number of nitrogens with one attached hydrogen (secondary N) is 2. The Labute approximate surface area is 139 Å². The van der Waals surface area contributed by atoms with Crippen LogP contribution in [0.2, 0.25) is 0 Å². The first-order valence-corrected chi connectivity index (χ1v) is 8.95. The van der Waals surface area contributed by atoms with Gasteiger partial charge in [-0.25, -0.2) is 0 Å². The maximum atomic E-state index is 12.2. The molecule has 2 rings (SSSR count). The number of unbranched alkanes of at least 4 members (excludes halogenated alkanes) is 2. The molecule has 0 radical (unpaired) electrons. The number of hydrogen-bond donors (Lipinski definition) is 2. The van der Waals surface area contributed by atoms with Gasteiger partial charge in [0.05, 0.1) is 0 Å². The molecule has 0 unspecified atom stereocenters. The van der Waals surface area contributed by atoms with Gasteiger partial charge in [0.15, 0.2) is 0 Å². The van der Waals surface area contributed by atoms with Crippen molar-refractivity contribution in [3.05, 3.63) is 35.7 Å². The lowest BCUT2D eigenvalue weighted by atomic mass is 9.97. The van der Waals surface area contributed by atoms with Gasteiger partial charge < -0.3 is 10.6 Å². The molecule has 126 valence electrons. The zero-order valence-corrected chi connectivity index (χ0v) is 14.2. The molecule has 0 aromatic carbocycles. The van der Waals surface area contributed by atoms with Gasteiger partial charge in [-0.3, -0.25) is 9.78 Å². The molecule has 0 saturated heterocycles. The molecule has 0 saturated carbocycles. The lowest BCUT2D eigenvalue weighted by Gasteiger charge is -2.13. The molecule has 1 aromatic rings. The second-order valence-corrected chi connectivity index (χ2v) is 6.18. The first-order valence-electron chi connectivity index (χ1n) is 8.95. The fourth-order valence-corrected chi connectivity index (χ4v) is 2.83. The summed E-state index contributed by atoms with van der Waals surface area (Å²) in [6.45, 7) is 3.83. The smallest absolute Gasteiger partial charge is 0.269 e. The third kappa shape index (κ3) is 6.43. The third-order valence-electron chi connectivity index (χ3n) is 4.22. The van der Waals surface area contributed by atoms with Crippen LogP contribution in [0.5, 0.6) is 0 Å². The largest absolute Gasteiger partial charge is 0.385 e. The van der Waals surface area contributed by atoms with Gasteiger partial charge in [-0.15, -0.1) is 0 Å². The minimum Gasteiger partial charge on any atom is -0.385 e. The van der Waals surface area contributed by atoms with Gasteiger partial charge in [0.1, 0.15) is 5.69 Å². The molecule has 23 heavy (non-hydrogen) atoms. The van der Waals surface area contributed by atoms with Crippen LogP contribution in [0.25, 0.3) is 0 Å². The van der Waals surface area contributed by atoms with Crippen LogP contribution >= 0.6 is 0 Å². The Bertz CT molecular complexity index is 525. The van der Waals surface area contributed by atoms with Crippen molar-refractivity contribution in [3.63, 3.8) is 0 Å². The molecule has 0 aliphatic heterocycles. The van der Waals surface area contributed by atoms with Crippen molar-refractivity contribution in [2.45, 2.75) is 58.3 Å². The third-order valence-corrected chi connectivity index (χ3v) is 4.22. The van der Waals surface area contributed by atoms with E-state index in [1.165, 1.54) is 44.1 Å². The van der Waals surface area contributed by atoms with Gasteiger partial charge in [0, 0.05) is 25.0 Å². The molecule has 1 aliphatic rings. The number of carbonyl (C=O) groups excluding carboxylic acids is 1. The van der Waals surface area contributed by atoms with Crippen LogP contribution in [0.15, 0.2) is 30.0 Å². The number of aromatic nitrogens is 1. The molecule has 1 heterocycles. The van der Waals surface area contributed by atoms with Crippen LogP contribution in [-0.2, 0) is 0 Å². The van der Waals surface area contributed by atoms with Crippen molar-refractivity contribution < 1.29 is 4.79 Å². The Hall–Kier alpha value is -1.84. The monoisotopic (exact) mass is 315 g/mol. The summed E-state index contributed by atoms with van der Waals surface area (Å²) in [5.41, 5.74) is 2.94. The molecular formula is C19H29N3O. The van der Waals surface area contributed by atoms with E-state index < -0.39 is 0 Å². The topological polar surface area (TPSA) is 54.0 Å². The van der Waals surface area contributed by atoms with Gasteiger partial charge >= 0.3 is 0 Å². The quantitative estimate of drug-likeness (QED) is 0.527. The second kappa shape index (κ2) is 10.0. The average molecular weight is 315 g/mol. The Morgan fingerprint density at radius 1 is 1.26 bits per heavy atom. The number of amides is 1. The van der Waals surface area contributed by atoms with E-state index in [4.69, 9.17) is 0 Å². The van der Waals surface area contributed by atoms with Crippen LogP contribution in [0, 0.1) is 0 Å². The highest BCUT2D eigenvalue weighted by Crippen LogP contribution is 2.19. The fraction of sp³-hybridized carbons (Fsp3) is 0.579. The van der Waals surface area contributed by atoms with Crippen LogP contribution in [0.1, 0.15) is 68.8 Å². The summed E-state index contributed by atoms with van der Waals surface area (Å²) in [4.78, 5) is 16.4. The number of hydrogen-bond acceptors (Lipinski definition) is 3. The minimum atomic E-state index is -0.0846. The van der Waals surface area contributed by atoms with Crippen molar-refractivity contribution in [2.75, 3.05) is 18.4 Å². The van der Waals surface area contributed by atoms with Crippen molar-refractivity contribution in [1.29, 1.82) is 0 Å². The summed E-state index contributed by atoms with van der Waals surface area (Å²) >= 11 is 0. The van der Waals surface area contributed by atoms with E-state index >= 15 is 0 Å². The Balaban J connectivity index is 1.76. The Morgan fingerprint density at radius 2 is 2.17 bits per heavy atom. The highest BCUT2D eigenvalue weighted by atomic mass is 16.1. The van der Waals surface area contributed by atoms with Crippen LogP contribution in [0.4, 0.5) is 5.69 Å². The SMILES string of the molecule is CCCCCNc1ccnc(C(=O)NCCC2=CCCCC2)c1. The van der Waals surface area contributed by atoms with Crippen LogP contribution in [0.3, 0.4) is 0 Å². The summed E-state index contributed by atoms with van der Waals surface area (Å²) < 4.78 is 0. The molecule has 0 atom stereocenters. The molecule has 1 amide bonds. The van der Waals surface area contributed by atoms with E-state index in [1.807, 2.05) is 12.1 Å². The molecule has 1 aromatic heterocycles. The number of nitrogens with zero attached hydrogens (tertiary/aromatic N) is 1. The zero-order chi connectivity index (χ0) is 16.3. The van der Waals surface area contributed by atoms with E-state index in [-0.39, 0.29) is 5.91 Å². The summed E-state index contributed by atoms with van der Waals surface area (Å²) in [5.74, 6) is -0.0846. The van der Waals surface area contributed by atoms with Crippen molar-refractivity contribution in [1.82, 2.24) is 10.3 Å². The van der Waals surface area contributed by atoms with E-state index in [0.717, 1.165) is 25.1 Å². The average Bonchev–Trinajstić information content (AvgIpc) is 2.60. The molecule has 4 heteroatoms. The summed E-state index contributed by atoms with van der Waals surface area (Å²) in [6, 6.07) is 3.75. The van der Waals surface area contributed by atoms with Crippen LogP contribution in [-0.4, -0.2) is 24.0 Å². The minimum absolute atomic E-state index is 0.0846. The highest BCUT2D eigenvalue weighted by Gasteiger charge is 2.09. The number of allylic oxidation sites excluding steroid dienone is 1. The zero-order valence-electron chi connectivity index (χ0n) is 14.2. The van der Waals surface area contributed by atoms with E-state index in [9.17, 15) is 4.79 Å². The number of rotatable bonds is 9. The van der Waals surface area contributed by atoms with Gasteiger partial charge in [-0.05, 0) is 50.7 Å². The van der Waals surface area contributed by atoms with Gasteiger partial charge in [-0.2, -0.15) is 0 Å². The Morgan fingerprint density at radius 3 is 2.96 bits per heavy atom. The lowest BCUT2D eigenvalue weighted by molar-refractivity contribution is 0.0949. The Kier molecular flexibility index (Phi) is 7.64. The molecule has 4 nitrogen and oxygen atoms in total. The maximum Gasteiger partial charge on any atom is 0.269 e. The molecular weight excluding hydrogens is 286 g/mol. The fourth-order valence-electron chi connectivity index (χ4n) is 2.83. The summed E-state index contributed by atoms with van der Waals surface area (Å²) in [5, 5.41) is 6.33. The van der Waals surface area contributed by atoms with E-state index in [0.29, 0.717) is 12.2 Å². The molecule has 0 fully saturated rings. The first kappa shape index (κ1) is 17.5. The van der Waals surface area contributed by atoms with Gasteiger partial charge in [-0.1, -0.05) is 31.4 Å². The first-order chi connectivity index (χ1) is 11.3. The highest BCUT2D eigenvalue weighted by molar-refractivity contribution is 5.93. The van der Waals surface area contributed by atoms with E-state index in [1.54, 1.807) is 6.20 Å². The number of carbonyl (C=O) groups is 1. The van der Waals surface area contributed by atoms with Gasteiger partial charge in [0.2, 0.25) is 0 Å². The molecule has 0 spiro atoms. The number of pyridine rings is 1. The van der Waals surface area contributed by atoms with E-state index in [2.05, 4.69) is 28.6 Å². The summed E-state index contributed by atoms with van der Waals surface area (Å²) in [7, 11) is 0. The molecule has 0 bridgehead atoms. The molecule has 1 aliphatic carbocycles. The molecule has 2 N–H and O–H groups in total. The predicted molar refractivity (Wildman–Crippen MR) is 95.8 cm³/mol. The van der Waals surface area contributed by atoms with Crippen molar-refractivity contribution in [2.24, 2.45) is 0 Å². The van der Waals surface area contributed by atoms with Crippen molar-refractivity contribution >= 4 is 11.6 Å². The maximum absolute atomic E-state index is 12.2. The number of anilines is 1. The van der Waals surface area contributed by atoms with Crippen molar-refractivity contribution in [3.8, 4) is 0 Å². The lowest BCUT2D eigenvalue weighted by Crippen LogP contribution is -2.25. The standard InChI is InChI=1S/C19H29N3O/c1-2-3-7-12-20-17-11-14-21-18(15-17)19(23)22-13-10-16-8-5-4-6-9-16/h8,11,14-15H,2-7,9-10,12-13H2,1H3,(H,20,21)(H,22,23).